The maximum Gasteiger partial charge on any atom is 0.121 e. The second-order valence-electron chi connectivity index (χ2n) is 7.37. The van der Waals surface area contributed by atoms with E-state index in [9.17, 15) is 0 Å². The highest BCUT2D eigenvalue weighted by Gasteiger charge is 2.35. The van der Waals surface area contributed by atoms with Crippen molar-refractivity contribution < 1.29 is 14.2 Å². The highest BCUT2D eigenvalue weighted by molar-refractivity contribution is 5.34. The van der Waals surface area contributed by atoms with Crippen LogP contribution in [0.25, 0.3) is 0 Å². The van der Waals surface area contributed by atoms with Gasteiger partial charge in [-0.3, -0.25) is 0 Å². The first-order chi connectivity index (χ1) is 14.9. The van der Waals surface area contributed by atoms with Crippen molar-refractivity contribution in [2.45, 2.75) is 37.9 Å². The Labute approximate surface area is 178 Å². The van der Waals surface area contributed by atoms with Crippen LogP contribution in [0.1, 0.15) is 23.1 Å². The molecule has 3 aromatic carbocycles. The molecule has 0 aliphatic carbocycles. The number of rotatable bonds is 7. The molecule has 4 rings (SSSR count). The van der Waals surface area contributed by atoms with Crippen LogP contribution in [0.15, 0.2) is 91.0 Å². The van der Waals surface area contributed by atoms with Crippen LogP contribution in [-0.4, -0.2) is 24.9 Å². The van der Waals surface area contributed by atoms with Crippen molar-refractivity contribution in [2.24, 2.45) is 0 Å². The molecule has 0 N–H and O–H groups in total. The lowest BCUT2D eigenvalue weighted by atomic mass is 10.1. The van der Waals surface area contributed by atoms with E-state index in [4.69, 9.17) is 14.2 Å². The van der Waals surface area contributed by atoms with Gasteiger partial charge in [0.1, 0.15) is 12.2 Å². The smallest absolute Gasteiger partial charge is 0.121 e. The zero-order chi connectivity index (χ0) is 20.4. The van der Waals surface area contributed by atoms with Gasteiger partial charge in [-0.05, 0) is 23.3 Å². The molecule has 30 heavy (non-hydrogen) atoms. The fraction of sp³-hybridized carbons (Fsp3) is 0.259. The van der Waals surface area contributed by atoms with Gasteiger partial charge >= 0.3 is 0 Å². The Hall–Kier alpha value is -2.90. The molecule has 0 amide bonds. The van der Waals surface area contributed by atoms with Gasteiger partial charge in [-0.15, -0.1) is 0 Å². The molecule has 3 aromatic rings. The van der Waals surface area contributed by atoms with E-state index in [1.54, 1.807) is 0 Å². The normalized spacial score (nSPS) is 20.5. The molecule has 1 heterocycles. The van der Waals surface area contributed by atoms with Gasteiger partial charge in [-0.2, -0.15) is 0 Å². The summed E-state index contributed by atoms with van der Waals surface area (Å²) >= 11 is 0. The molecule has 0 saturated carbocycles. The minimum atomic E-state index is -0.156. The van der Waals surface area contributed by atoms with Crippen molar-refractivity contribution in [1.29, 1.82) is 0 Å². The van der Waals surface area contributed by atoms with Gasteiger partial charge in [-0.25, -0.2) is 0 Å². The van der Waals surface area contributed by atoms with Gasteiger partial charge in [0.15, 0.2) is 0 Å². The van der Waals surface area contributed by atoms with E-state index in [0.29, 0.717) is 19.8 Å². The topological polar surface area (TPSA) is 27.7 Å². The van der Waals surface area contributed by atoms with E-state index in [1.807, 2.05) is 66.7 Å². The number of benzene rings is 3. The summed E-state index contributed by atoms with van der Waals surface area (Å²) in [5, 5.41) is 0. The van der Waals surface area contributed by atoms with Gasteiger partial charge in [0.2, 0.25) is 0 Å². The van der Waals surface area contributed by atoms with E-state index >= 15 is 0 Å². The third kappa shape index (κ3) is 6.05. The van der Waals surface area contributed by atoms with Crippen LogP contribution < -0.4 is 0 Å². The summed E-state index contributed by atoms with van der Waals surface area (Å²) in [6.45, 7) is 1.60. The zero-order valence-electron chi connectivity index (χ0n) is 16.9. The largest absolute Gasteiger partial charge is 0.374 e. The molecule has 0 radical (unpaired) electrons. The van der Waals surface area contributed by atoms with Gasteiger partial charge in [0.05, 0.1) is 25.9 Å². The summed E-state index contributed by atoms with van der Waals surface area (Å²) in [7, 11) is 0. The molecular formula is C27H26O3. The molecule has 1 saturated heterocycles. The fourth-order valence-corrected chi connectivity index (χ4v) is 3.46. The van der Waals surface area contributed by atoms with Gasteiger partial charge in [0.25, 0.3) is 0 Å². The van der Waals surface area contributed by atoms with Crippen LogP contribution in [0, 0.1) is 11.8 Å². The lowest BCUT2D eigenvalue weighted by Gasteiger charge is -2.19. The maximum absolute atomic E-state index is 6.21. The lowest BCUT2D eigenvalue weighted by molar-refractivity contribution is -0.0651. The molecule has 0 aromatic heterocycles. The number of hydrogen-bond acceptors (Lipinski definition) is 3. The molecular weight excluding hydrogens is 372 g/mol. The van der Waals surface area contributed by atoms with E-state index in [-0.39, 0.29) is 18.3 Å². The predicted octanol–water partition coefficient (Wildman–Crippen LogP) is 5.00. The first-order valence-corrected chi connectivity index (χ1v) is 10.4. The van der Waals surface area contributed by atoms with E-state index in [0.717, 1.165) is 23.1 Å². The molecule has 152 valence electrons. The minimum absolute atomic E-state index is 0.0453. The van der Waals surface area contributed by atoms with Crippen molar-refractivity contribution in [1.82, 2.24) is 0 Å². The van der Waals surface area contributed by atoms with E-state index in [1.165, 1.54) is 0 Å². The summed E-state index contributed by atoms with van der Waals surface area (Å²) < 4.78 is 18.4. The van der Waals surface area contributed by atoms with Crippen molar-refractivity contribution in [3.05, 3.63) is 108 Å². The Bertz CT molecular complexity index is 945. The third-order valence-corrected chi connectivity index (χ3v) is 5.05. The average Bonchev–Trinajstić information content (AvgIpc) is 3.20. The standard InChI is InChI=1S/C27H26O3/c1-4-10-22(11-5-1)16-17-25-18-26(29-20-24-14-8-3-9-15-24)27(30-25)21-28-19-23-12-6-2-7-13-23/h1-15,25-27H,18-21H2/t25-,26-,27+/m0/s1. The predicted molar refractivity (Wildman–Crippen MR) is 118 cm³/mol. The molecule has 3 nitrogen and oxygen atoms in total. The summed E-state index contributed by atoms with van der Waals surface area (Å²) in [4.78, 5) is 0. The lowest BCUT2D eigenvalue weighted by Crippen LogP contribution is -2.29. The number of hydrogen-bond donors (Lipinski definition) is 0. The van der Waals surface area contributed by atoms with Gasteiger partial charge in [0, 0.05) is 12.0 Å². The number of ether oxygens (including phenoxy) is 3. The van der Waals surface area contributed by atoms with Crippen LogP contribution in [0.5, 0.6) is 0 Å². The minimum Gasteiger partial charge on any atom is -0.374 e. The Morgan fingerprint density at radius 2 is 1.37 bits per heavy atom. The summed E-state index contributed by atoms with van der Waals surface area (Å²) in [5.74, 6) is 6.47. The second kappa shape index (κ2) is 10.8. The summed E-state index contributed by atoms with van der Waals surface area (Å²) in [6, 6.07) is 30.4. The Kier molecular flexibility index (Phi) is 7.31. The van der Waals surface area contributed by atoms with Crippen molar-refractivity contribution in [2.75, 3.05) is 6.61 Å². The average molecular weight is 399 g/mol. The third-order valence-electron chi connectivity index (χ3n) is 5.05. The summed E-state index contributed by atoms with van der Waals surface area (Å²) in [5.41, 5.74) is 3.30. The van der Waals surface area contributed by atoms with Crippen LogP contribution in [-0.2, 0) is 27.4 Å². The molecule has 0 bridgehead atoms. The second-order valence-corrected chi connectivity index (χ2v) is 7.37. The van der Waals surface area contributed by atoms with Gasteiger partial charge in [-0.1, -0.05) is 90.7 Å². The molecule has 1 aliphatic rings. The first-order valence-electron chi connectivity index (χ1n) is 10.4. The van der Waals surface area contributed by atoms with E-state index in [2.05, 4.69) is 36.1 Å². The molecule has 1 aliphatic heterocycles. The fourth-order valence-electron chi connectivity index (χ4n) is 3.46. The van der Waals surface area contributed by atoms with Crippen molar-refractivity contribution in [3.8, 4) is 11.8 Å². The van der Waals surface area contributed by atoms with Gasteiger partial charge < -0.3 is 14.2 Å². The quantitative estimate of drug-likeness (QED) is 0.524. The van der Waals surface area contributed by atoms with Crippen LogP contribution in [0.2, 0.25) is 0 Å². The maximum atomic E-state index is 6.21. The highest BCUT2D eigenvalue weighted by Crippen LogP contribution is 2.25. The monoisotopic (exact) mass is 398 g/mol. The Morgan fingerprint density at radius 3 is 2.03 bits per heavy atom. The Balaban J connectivity index is 1.37. The molecule has 3 atom stereocenters. The van der Waals surface area contributed by atoms with Crippen LogP contribution in [0.4, 0.5) is 0 Å². The van der Waals surface area contributed by atoms with E-state index < -0.39 is 0 Å². The molecule has 0 unspecified atom stereocenters. The zero-order valence-corrected chi connectivity index (χ0v) is 16.9. The van der Waals surface area contributed by atoms with Crippen LogP contribution >= 0.6 is 0 Å². The SMILES string of the molecule is C(#C[C@H]1C[C@H](OCc2ccccc2)[C@@H](COCc2ccccc2)O1)c1ccccc1. The Morgan fingerprint density at radius 1 is 0.767 bits per heavy atom. The van der Waals surface area contributed by atoms with Crippen molar-refractivity contribution in [3.63, 3.8) is 0 Å². The van der Waals surface area contributed by atoms with Crippen LogP contribution in [0.3, 0.4) is 0 Å². The molecule has 0 spiro atoms. The molecule has 1 fully saturated rings. The first kappa shape index (κ1) is 20.4. The molecule has 3 heteroatoms. The summed E-state index contributed by atoms with van der Waals surface area (Å²) in [6.07, 6.45) is 0.409. The van der Waals surface area contributed by atoms with Crippen molar-refractivity contribution >= 4 is 0 Å². The highest BCUT2D eigenvalue weighted by atomic mass is 16.6.